The third-order valence-corrected chi connectivity index (χ3v) is 5.28. The molecule has 0 spiro atoms. The lowest BCUT2D eigenvalue weighted by Crippen LogP contribution is -2.54. The number of carbonyl (C=O) groups excluding carboxylic acids is 3. The Morgan fingerprint density at radius 2 is 1.71 bits per heavy atom. The number of para-hydroxylation sites is 2. The van der Waals surface area contributed by atoms with Gasteiger partial charge in [-0.05, 0) is 47.6 Å². The summed E-state index contributed by atoms with van der Waals surface area (Å²) in [6, 6.07) is 18.4. The smallest absolute Gasteiger partial charge is 0.270 e. The zero-order valence-electron chi connectivity index (χ0n) is 17.5. The quantitative estimate of drug-likeness (QED) is 0.334. The first-order valence-corrected chi connectivity index (χ1v) is 10.4. The van der Waals surface area contributed by atoms with Crippen LogP contribution in [0.3, 0.4) is 0 Å². The zero-order valence-corrected chi connectivity index (χ0v) is 18.3. The predicted octanol–water partition coefficient (Wildman–Crippen LogP) is 2.60. The number of carbonyl (C=O) groups is 3. The molecule has 0 bridgehead atoms. The largest absolute Gasteiger partial charge is 0.545 e. The maximum Gasteiger partial charge on any atom is 0.270 e. The fraction of sp³-hybridized carbons (Fsp3) is 0.0400. The Balaban J connectivity index is 1.61. The van der Waals surface area contributed by atoms with Crippen molar-refractivity contribution < 1.29 is 28.6 Å². The molecule has 1 N–H and O–H groups in total. The molecule has 3 aromatic rings. The number of aromatic carboxylic acids is 1. The van der Waals surface area contributed by atoms with Gasteiger partial charge in [0.05, 0.1) is 11.7 Å². The van der Waals surface area contributed by atoms with E-state index in [0.717, 1.165) is 4.90 Å². The van der Waals surface area contributed by atoms with E-state index in [1.807, 2.05) is 0 Å². The van der Waals surface area contributed by atoms with Gasteiger partial charge < -0.3 is 14.6 Å². The first-order chi connectivity index (χ1) is 16.3. The van der Waals surface area contributed by atoms with Crippen molar-refractivity contribution in [3.8, 4) is 5.75 Å². The van der Waals surface area contributed by atoms with E-state index in [9.17, 15) is 23.9 Å². The van der Waals surface area contributed by atoms with Crippen LogP contribution in [0.2, 0.25) is 0 Å². The number of amides is 2. The lowest BCUT2D eigenvalue weighted by molar-refractivity contribution is -0.255. The standard InChI is InChI=1S/C25H17FN2O5S/c26-19-6-2-3-7-20(19)28-23(30)18(22(29)27-25(28)34)13-17-5-1-4-8-21(17)33-14-15-9-11-16(12-10-15)24(31)32/h1-13H,14H2,(H,31,32)(H,27,29,34)/p-1/b18-13+. The molecule has 4 rings (SSSR count). The van der Waals surface area contributed by atoms with Crippen molar-refractivity contribution in [3.63, 3.8) is 0 Å². The van der Waals surface area contributed by atoms with Gasteiger partial charge in [0, 0.05) is 5.56 Å². The predicted molar refractivity (Wildman–Crippen MR) is 124 cm³/mol. The SMILES string of the molecule is O=C1NC(=S)N(c2ccccc2F)C(=O)/C1=C/c1ccccc1OCc1ccc(C(=O)[O-])cc1. The van der Waals surface area contributed by atoms with Crippen molar-refractivity contribution in [3.05, 3.63) is 101 Å². The molecule has 9 heteroatoms. The summed E-state index contributed by atoms with van der Waals surface area (Å²) in [5.41, 5.74) is 0.871. The van der Waals surface area contributed by atoms with Gasteiger partial charge in [0.15, 0.2) is 5.11 Å². The van der Waals surface area contributed by atoms with Crippen molar-refractivity contribution in [1.29, 1.82) is 0 Å². The van der Waals surface area contributed by atoms with Crippen LogP contribution in [0.25, 0.3) is 6.08 Å². The number of hydrogen-bond donors (Lipinski definition) is 1. The monoisotopic (exact) mass is 475 g/mol. The third-order valence-electron chi connectivity index (χ3n) is 5.00. The molecule has 34 heavy (non-hydrogen) atoms. The molecule has 0 aliphatic carbocycles. The fourth-order valence-electron chi connectivity index (χ4n) is 3.29. The average molecular weight is 475 g/mol. The number of anilines is 1. The van der Waals surface area contributed by atoms with E-state index in [0.29, 0.717) is 16.9 Å². The Morgan fingerprint density at radius 1 is 1.03 bits per heavy atom. The van der Waals surface area contributed by atoms with Gasteiger partial charge in [0.25, 0.3) is 11.8 Å². The molecule has 3 aromatic carbocycles. The lowest BCUT2D eigenvalue weighted by Gasteiger charge is -2.29. The van der Waals surface area contributed by atoms with Crippen molar-refractivity contribution in [1.82, 2.24) is 5.32 Å². The van der Waals surface area contributed by atoms with Crippen molar-refractivity contribution >= 4 is 46.9 Å². The van der Waals surface area contributed by atoms with Gasteiger partial charge in [0.2, 0.25) is 0 Å². The van der Waals surface area contributed by atoms with Crippen LogP contribution < -0.4 is 20.1 Å². The molecule has 0 radical (unpaired) electrons. The highest BCUT2D eigenvalue weighted by Crippen LogP contribution is 2.27. The van der Waals surface area contributed by atoms with Gasteiger partial charge in [-0.15, -0.1) is 0 Å². The number of carboxylic acids is 1. The summed E-state index contributed by atoms with van der Waals surface area (Å²) in [5.74, 6) is -3.04. The van der Waals surface area contributed by atoms with Crippen LogP contribution in [-0.2, 0) is 16.2 Å². The highest BCUT2D eigenvalue weighted by atomic mass is 32.1. The number of carboxylic acid groups (broad SMARTS) is 1. The molecule has 0 aromatic heterocycles. The maximum absolute atomic E-state index is 14.3. The van der Waals surface area contributed by atoms with Crippen molar-refractivity contribution in [2.45, 2.75) is 6.61 Å². The van der Waals surface area contributed by atoms with E-state index in [2.05, 4.69) is 5.32 Å². The number of nitrogens with zero attached hydrogens (tertiary/aromatic N) is 1. The molecule has 1 aliphatic heterocycles. The number of hydrogen-bond acceptors (Lipinski definition) is 6. The summed E-state index contributed by atoms with van der Waals surface area (Å²) in [4.78, 5) is 37.5. The van der Waals surface area contributed by atoms with Crippen LogP contribution in [0.5, 0.6) is 5.75 Å². The van der Waals surface area contributed by atoms with Crippen molar-refractivity contribution in [2.75, 3.05) is 4.90 Å². The molecule has 1 heterocycles. The van der Waals surface area contributed by atoms with E-state index >= 15 is 0 Å². The number of nitrogens with one attached hydrogen (secondary N) is 1. The lowest BCUT2D eigenvalue weighted by atomic mass is 10.1. The highest BCUT2D eigenvalue weighted by Gasteiger charge is 2.35. The van der Waals surface area contributed by atoms with Gasteiger partial charge in [-0.2, -0.15) is 0 Å². The molecular weight excluding hydrogens is 459 g/mol. The molecule has 7 nitrogen and oxygen atoms in total. The second-order valence-corrected chi connectivity index (χ2v) is 7.61. The molecule has 1 saturated heterocycles. The van der Waals surface area contributed by atoms with Crippen LogP contribution in [0.15, 0.2) is 78.4 Å². The second kappa shape index (κ2) is 9.63. The Kier molecular flexibility index (Phi) is 6.46. The minimum atomic E-state index is -1.27. The topological polar surface area (TPSA) is 98.8 Å². The molecule has 0 unspecified atom stereocenters. The third kappa shape index (κ3) is 4.69. The number of benzene rings is 3. The van der Waals surface area contributed by atoms with Gasteiger partial charge >= 0.3 is 0 Å². The summed E-state index contributed by atoms with van der Waals surface area (Å²) in [6.07, 6.45) is 1.35. The Hall–Kier alpha value is -4.37. The summed E-state index contributed by atoms with van der Waals surface area (Å²) < 4.78 is 20.2. The Morgan fingerprint density at radius 3 is 2.41 bits per heavy atom. The minimum absolute atomic E-state index is 0.0491. The number of rotatable bonds is 6. The van der Waals surface area contributed by atoms with Crippen LogP contribution in [0.4, 0.5) is 10.1 Å². The molecule has 170 valence electrons. The molecule has 2 amide bonds. The molecule has 1 aliphatic rings. The molecule has 0 atom stereocenters. The summed E-state index contributed by atoms with van der Waals surface area (Å²) >= 11 is 5.10. The molecule has 0 saturated carbocycles. The summed E-state index contributed by atoms with van der Waals surface area (Å²) in [7, 11) is 0. The second-order valence-electron chi connectivity index (χ2n) is 7.22. The van der Waals surface area contributed by atoms with Gasteiger partial charge in [-0.1, -0.05) is 54.6 Å². The first-order valence-electron chi connectivity index (χ1n) is 10.0. The van der Waals surface area contributed by atoms with Crippen LogP contribution >= 0.6 is 12.2 Å². The zero-order chi connectivity index (χ0) is 24.2. The minimum Gasteiger partial charge on any atom is -0.545 e. The van der Waals surface area contributed by atoms with Gasteiger partial charge in [0.1, 0.15) is 23.7 Å². The Labute approximate surface area is 199 Å². The highest BCUT2D eigenvalue weighted by molar-refractivity contribution is 7.80. The number of halogens is 1. The summed E-state index contributed by atoms with van der Waals surface area (Å²) in [5, 5.41) is 13.1. The van der Waals surface area contributed by atoms with Crippen LogP contribution in [-0.4, -0.2) is 22.9 Å². The van der Waals surface area contributed by atoms with E-state index in [-0.39, 0.29) is 28.5 Å². The van der Waals surface area contributed by atoms with Gasteiger partial charge in [-0.25, -0.2) is 9.29 Å². The number of thiocarbonyl (C=S) groups is 1. The maximum atomic E-state index is 14.3. The Bertz CT molecular complexity index is 1340. The van der Waals surface area contributed by atoms with E-state index in [4.69, 9.17) is 17.0 Å². The van der Waals surface area contributed by atoms with Crippen LogP contribution in [0.1, 0.15) is 21.5 Å². The molecular formula is C25H16FN2O5S-. The number of ether oxygens (including phenoxy) is 1. The van der Waals surface area contributed by atoms with Gasteiger partial charge in [-0.3, -0.25) is 14.9 Å². The van der Waals surface area contributed by atoms with E-state index in [1.54, 1.807) is 42.5 Å². The van der Waals surface area contributed by atoms with E-state index in [1.165, 1.54) is 36.4 Å². The molecule has 1 fully saturated rings. The normalized spacial score (nSPS) is 14.8. The average Bonchev–Trinajstić information content (AvgIpc) is 2.82. The summed E-state index contributed by atoms with van der Waals surface area (Å²) in [6.45, 7) is 0.110. The fourth-order valence-corrected chi connectivity index (χ4v) is 3.57. The van der Waals surface area contributed by atoms with Crippen molar-refractivity contribution in [2.24, 2.45) is 0 Å². The van der Waals surface area contributed by atoms with Crippen LogP contribution in [0, 0.1) is 5.82 Å². The van der Waals surface area contributed by atoms with E-state index < -0.39 is 23.6 Å². The first kappa shape index (κ1) is 22.8.